The van der Waals surface area contributed by atoms with Crippen molar-refractivity contribution >= 4 is 52.2 Å². The molecule has 1 heterocycles. The number of ether oxygens (including phenoxy) is 2. The summed E-state index contributed by atoms with van der Waals surface area (Å²) in [7, 11) is 1.41. The smallest absolute Gasteiger partial charge is 0.338 e. The van der Waals surface area contributed by atoms with Gasteiger partial charge < -0.3 is 19.9 Å². The molecule has 0 saturated carbocycles. The highest BCUT2D eigenvalue weighted by molar-refractivity contribution is 8.18. The van der Waals surface area contributed by atoms with Crippen LogP contribution in [0.1, 0.15) is 22.8 Å². The lowest BCUT2D eigenvalue weighted by Crippen LogP contribution is -2.19. The van der Waals surface area contributed by atoms with E-state index in [0.29, 0.717) is 33.5 Å². The molecule has 0 bridgehead atoms. The number of aromatic hydroxyl groups is 1. The van der Waals surface area contributed by atoms with Crippen molar-refractivity contribution in [2.24, 2.45) is 4.99 Å². The van der Waals surface area contributed by atoms with E-state index in [4.69, 9.17) is 21.1 Å². The van der Waals surface area contributed by atoms with Gasteiger partial charge in [-0.2, -0.15) is 0 Å². The average Bonchev–Trinajstić information content (AvgIpc) is 3.04. The largest absolute Gasteiger partial charge is 0.503 e. The molecule has 1 aliphatic rings. The van der Waals surface area contributed by atoms with Crippen LogP contribution >= 0.6 is 23.4 Å². The summed E-state index contributed by atoms with van der Waals surface area (Å²) < 4.78 is 10.0. The fourth-order valence-corrected chi connectivity index (χ4v) is 3.53. The second kappa shape index (κ2) is 9.02. The minimum atomic E-state index is -0.400. The van der Waals surface area contributed by atoms with E-state index in [0.717, 1.165) is 11.8 Å². The molecule has 150 valence electrons. The molecule has 2 aromatic rings. The number of nitrogens with zero attached hydrogens (tertiary/aromatic N) is 1. The highest BCUT2D eigenvalue weighted by atomic mass is 35.5. The Balaban J connectivity index is 1.79. The average molecular weight is 433 g/mol. The normalized spacial score (nSPS) is 16.2. The first-order chi connectivity index (χ1) is 13.9. The number of phenols is 1. The van der Waals surface area contributed by atoms with Crippen LogP contribution in [0, 0.1) is 0 Å². The first kappa shape index (κ1) is 20.8. The molecule has 3 rings (SSSR count). The van der Waals surface area contributed by atoms with Crippen molar-refractivity contribution in [3.63, 3.8) is 0 Å². The summed E-state index contributed by atoms with van der Waals surface area (Å²) in [5, 5.41) is 13.0. The third kappa shape index (κ3) is 4.90. The summed E-state index contributed by atoms with van der Waals surface area (Å²) in [6, 6.07) is 9.66. The number of methoxy groups -OCH3 is 1. The SMILES string of the molecule is CCOC(=O)c1ccc(N=C2NC(=O)/C(=C\c3cc(Cl)c(O)c(OC)c3)S2)cc1. The van der Waals surface area contributed by atoms with Crippen LogP contribution in [-0.4, -0.2) is 35.9 Å². The van der Waals surface area contributed by atoms with Gasteiger partial charge in [0.1, 0.15) is 0 Å². The minimum absolute atomic E-state index is 0.121. The van der Waals surface area contributed by atoms with Gasteiger partial charge >= 0.3 is 5.97 Å². The summed E-state index contributed by atoms with van der Waals surface area (Å²) in [6.45, 7) is 2.05. The van der Waals surface area contributed by atoms with E-state index >= 15 is 0 Å². The lowest BCUT2D eigenvalue weighted by atomic mass is 10.2. The van der Waals surface area contributed by atoms with Crippen molar-refractivity contribution in [1.82, 2.24) is 5.32 Å². The molecule has 0 radical (unpaired) electrons. The number of phenolic OH excluding ortho intramolecular Hbond substituents is 1. The predicted octanol–water partition coefficient (Wildman–Crippen LogP) is 4.12. The predicted molar refractivity (Wildman–Crippen MR) is 113 cm³/mol. The maximum atomic E-state index is 12.2. The molecule has 0 atom stereocenters. The second-order valence-corrected chi connectivity index (χ2v) is 7.24. The monoisotopic (exact) mass is 432 g/mol. The molecule has 2 aromatic carbocycles. The van der Waals surface area contributed by atoms with Gasteiger partial charge in [-0.25, -0.2) is 9.79 Å². The number of thioether (sulfide) groups is 1. The Morgan fingerprint density at radius 1 is 1.31 bits per heavy atom. The van der Waals surface area contributed by atoms with Gasteiger partial charge in [-0.3, -0.25) is 4.79 Å². The Morgan fingerprint density at radius 2 is 2.03 bits per heavy atom. The Hall–Kier alpha value is -2.97. The molecule has 0 unspecified atom stereocenters. The van der Waals surface area contributed by atoms with Crippen molar-refractivity contribution in [2.45, 2.75) is 6.92 Å². The van der Waals surface area contributed by atoms with Crippen LogP contribution in [0.15, 0.2) is 46.3 Å². The Kier molecular flexibility index (Phi) is 6.46. The topological polar surface area (TPSA) is 97.2 Å². The summed E-state index contributed by atoms with van der Waals surface area (Å²) >= 11 is 7.15. The lowest BCUT2D eigenvalue weighted by molar-refractivity contribution is -0.115. The number of halogens is 1. The zero-order valence-electron chi connectivity index (χ0n) is 15.6. The number of hydrogen-bond donors (Lipinski definition) is 2. The molecular weight excluding hydrogens is 416 g/mol. The van der Waals surface area contributed by atoms with Crippen LogP contribution in [0.3, 0.4) is 0 Å². The number of carbonyl (C=O) groups is 2. The van der Waals surface area contributed by atoms with E-state index in [1.807, 2.05) is 0 Å². The molecule has 29 heavy (non-hydrogen) atoms. The maximum Gasteiger partial charge on any atom is 0.338 e. The summed E-state index contributed by atoms with van der Waals surface area (Å²) in [4.78, 5) is 28.7. The van der Waals surface area contributed by atoms with E-state index in [-0.39, 0.29) is 22.4 Å². The molecule has 1 aliphatic heterocycles. The number of carbonyl (C=O) groups excluding carboxylic acids is 2. The third-order valence-electron chi connectivity index (χ3n) is 3.83. The number of aliphatic imine (C=N–C) groups is 1. The number of benzene rings is 2. The minimum Gasteiger partial charge on any atom is -0.503 e. The van der Waals surface area contributed by atoms with Crippen molar-refractivity contribution < 1.29 is 24.2 Å². The van der Waals surface area contributed by atoms with E-state index in [2.05, 4.69) is 10.3 Å². The summed E-state index contributed by atoms with van der Waals surface area (Å²) in [5.41, 5.74) is 1.61. The van der Waals surface area contributed by atoms with Gasteiger partial charge in [0.2, 0.25) is 0 Å². The molecule has 1 amide bonds. The van der Waals surface area contributed by atoms with Crippen molar-refractivity contribution in [3.8, 4) is 11.5 Å². The highest BCUT2D eigenvalue weighted by Gasteiger charge is 2.24. The molecular formula is C20H17ClN2O5S. The number of hydrogen-bond acceptors (Lipinski definition) is 7. The van der Waals surface area contributed by atoms with E-state index in [1.54, 1.807) is 43.3 Å². The van der Waals surface area contributed by atoms with Crippen molar-refractivity contribution in [2.75, 3.05) is 13.7 Å². The first-order valence-corrected chi connectivity index (χ1v) is 9.74. The molecule has 0 aliphatic carbocycles. The standard InChI is InChI=1S/C20H17ClN2O5S/c1-3-28-19(26)12-4-6-13(7-5-12)22-20-23-18(25)16(29-20)10-11-8-14(21)17(24)15(9-11)27-2/h4-10,24H,3H2,1-2H3,(H,22,23,25)/b16-10+. The van der Waals surface area contributed by atoms with Gasteiger partial charge in [0.25, 0.3) is 5.91 Å². The highest BCUT2D eigenvalue weighted by Crippen LogP contribution is 2.36. The molecule has 1 saturated heterocycles. The Bertz CT molecular complexity index is 1020. The molecule has 0 spiro atoms. The quantitative estimate of drug-likeness (QED) is 0.544. The molecule has 7 nitrogen and oxygen atoms in total. The number of nitrogens with one attached hydrogen (secondary N) is 1. The van der Waals surface area contributed by atoms with E-state index < -0.39 is 5.97 Å². The lowest BCUT2D eigenvalue weighted by Gasteiger charge is -2.06. The third-order valence-corrected chi connectivity index (χ3v) is 5.03. The van der Waals surface area contributed by atoms with Gasteiger partial charge in [0.15, 0.2) is 16.7 Å². The second-order valence-electron chi connectivity index (χ2n) is 5.80. The maximum absolute atomic E-state index is 12.2. The first-order valence-electron chi connectivity index (χ1n) is 8.54. The molecule has 1 fully saturated rings. The van der Waals surface area contributed by atoms with Gasteiger partial charge in [0.05, 0.1) is 34.9 Å². The fourth-order valence-electron chi connectivity index (χ4n) is 2.47. The Morgan fingerprint density at radius 3 is 2.69 bits per heavy atom. The van der Waals surface area contributed by atoms with Crippen molar-refractivity contribution in [1.29, 1.82) is 0 Å². The Labute approximate surface area is 176 Å². The van der Waals surface area contributed by atoms with Crippen LogP contribution in [0.5, 0.6) is 11.5 Å². The number of esters is 1. The van der Waals surface area contributed by atoms with Crippen molar-refractivity contribution in [3.05, 3.63) is 57.5 Å². The summed E-state index contributed by atoms with van der Waals surface area (Å²) in [5.74, 6) is -0.653. The van der Waals surface area contributed by atoms with E-state index in [9.17, 15) is 14.7 Å². The van der Waals surface area contributed by atoms with Gasteiger partial charge in [-0.05, 0) is 66.7 Å². The molecule has 2 N–H and O–H groups in total. The zero-order chi connectivity index (χ0) is 21.0. The summed E-state index contributed by atoms with van der Waals surface area (Å²) in [6.07, 6.45) is 1.63. The van der Waals surface area contributed by atoms with Crippen LogP contribution in [0.4, 0.5) is 5.69 Å². The van der Waals surface area contributed by atoms with Crippen LogP contribution in [0.2, 0.25) is 5.02 Å². The molecule has 9 heteroatoms. The zero-order valence-corrected chi connectivity index (χ0v) is 17.1. The van der Waals surface area contributed by atoms with Crippen LogP contribution in [-0.2, 0) is 9.53 Å². The van der Waals surface area contributed by atoms with Gasteiger partial charge in [-0.15, -0.1) is 0 Å². The molecule has 0 aromatic heterocycles. The fraction of sp³-hybridized carbons (Fsp3) is 0.150. The van der Waals surface area contributed by atoms with Crippen LogP contribution < -0.4 is 10.1 Å². The van der Waals surface area contributed by atoms with Crippen LogP contribution in [0.25, 0.3) is 6.08 Å². The number of rotatable bonds is 5. The van der Waals surface area contributed by atoms with Gasteiger partial charge in [0, 0.05) is 0 Å². The number of amides is 1. The van der Waals surface area contributed by atoms with Gasteiger partial charge in [-0.1, -0.05) is 11.6 Å². The number of amidine groups is 1. The van der Waals surface area contributed by atoms with E-state index in [1.165, 1.54) is 13.2 Å².